The Morgan fingerprint density at radius 1 is 1.16 bits per heavy atom. The molecule has 1 aromatic heterocycles. The number of nitrogens with two attached hydrogens (primary N) is 1. The summed E-state index contributed by atoms with van der Waals surface area (Å²) >= 11 is 6.21. The van der Waals surface area contributed by atoms with Gasteiger partial charge < -0.3 is 16.4 Å². The molecule has 7 nitrogen and oxygen atoms in total. The molecule has 0 atom stereocenters. The van der Waals surface area contributed by atoms with Crippen molar-refractivity contribution >= 4 is 47.4 Å². The van der Waals surface area contributed by atoms with Crippen LogP contribution in [0.1, 0.15) is 30.2 Å². The van der Waals surface area contributed by atoms with E-state index in [9.17, 15) is 5.26 Å². The molecule has 3 aromatic rings. The third-order valence-electron chi connectivity index (χ3n) is 4.70. The Morgan fingerprint density at radius 3 is 2.56 bits per heavy atom. The van der Waals surface area contributed by atoms with Crippen LogP contribution in [0.5, 0.6) is 0 Å². The van der Waals surface area contributed by atoms with E-state index in [0.717, 1.165) is 30.2 Å². The Balaban J connectivity index is 0.00000363. The van der Waals surface area contributed by atoms with Gasteiger partial charge in [-0.15, -0.1) is 24.0 Å². The Bertz CT molecular complexity index is 1070. The van der Waals surface area contributed by atoms with Crippen molar-refractivity contribution in [3.8, 4) is 11.8 Å². The maximum Gasteiger partial charge on any atom is 0.191 e. The first-order chi connectivity index (χ1) is 15.1. The van der Waals surface area contributed by atoms with Crippen LogP contribution in [0.15, 0.2) is 59.6 Å². The predicted octanol–water partition coefficient (Wildman–Crippen LogP) is 4.29. The predicted molar refractivity (Wildman–Crippen MR) is 141 cm³/mol. The van der Waals surface area contributed by atoms with Gasteiger partial charge in [0.2, 0.25) is 0 Å². The first-order valence-corrected chi connectivity index (χ1v) is 10.6. The van der Waals surface area contributed by atoms with Crippen LogP contribution in [0.4, 0.5) is 5.82 Å². The summed E-state index contributed by atoms with van der Waals surface area (Å²) in [5.74, 6) is 1.09. The zero-order chi connectivity index (χ0) is 22.1. The standard InChI is InChI=1S/C23H26ClN7.HI/c1-2-27-23(29-16-17-9-6-7-12-20(17)24)28-14-8-13-21-19(15-25)22(26)31(30-21)18-10-4-3-5-11-18;/h3-7,9-12H,2,8,13-14,16,26H2,1H3,(H2,27,28,29);1H. The highest BCUT2D eigenvalue weighted by Crippen LogP contribution is 2.21. The van der Waals surface area contributed by atoms with Crippen molar-refractivity contribution in [3.05, 3.63) is 76.4 Å². The van der Waals surface area contributed by atoms with E-state index in [2.05, 4.69) is 26.8 Å². The van der Waals surface area contributed by atoms with Gasteiger partial charge in [-0.2, -0.15) is 10.4 Å². The lowest BCUT2D eigenvalue weighted by Crippen LogP contribution is -2.37. The highest BCUT2D eigenvalue weighted by molar-refractivity contribution is 14.0. The lowest BCUT2D eigenvalue weighted by molar-refractivity contribution is 0.723. The second-order valence-corrected chi connectivity index (χ2v) is 7.29. The molecule has 1 heterocycles. The van der Waals surface area contributed by atoms with Gasteiger partial charge >= 0.3 is 0 Å². The fourth-order valence-electron chi connectivity index (χ4n) is 3.14. The van der Waals surface area contributed by atoms with Crippen molar-refractivity contribution < 1.29 is 0 Å². The van der Waals surface area contributed by atoms with Gasteiger partial charge in [-0.1, -0.05) is 48.0 Å². The molecule has 0 unspecified atom stereocenters. The molecule has 0 aliphatic heterocycles. The highest BCUT2D eigenvalue weighted by atomic mass is 127. The summed E-state index contributed by atoms with van der Waals surface area (Å²) in [6.07, 6.45) is 1.40. The summed E-state index contributed by atoms with van der Waals surface area (Å²) in [6.45, 7) is 3.94. The van der Waals surface area contributed by atoms with Gasteiger partial charge in [0.05, 0.1) is 17.9 Å². The van der Waals surface area contributed by atoms with Gasteiger partial charge in [-0.3, -0.25) is 0 Å². The number of aromatic nitrogens is 2. The molecule has 9 heteroatoms. The number of nitriles is 1. The van der Waals surface area contributed by atoms with Crippen LogP contribution in [0.3, 0.4) is 0 Å². The monoisotopic (exact) mass is 563 g/mol. The average Bonchev–Trinajstić information content (AvgIpc) is 3.11. The molecule has 0 aliphatic rings. The molecule has 0 spiro atoms. The topological polar surface area (TPSA) is 104 Å². The number of hydrogen-bond donors (Lipinski definition) is 3. The first kappa shape index (κ1) is 25.5. The lowest BCUT2D eigenvalue weighted by Gasteiger charge is -2.11. The van der Waals surface area contributed by atoms with Crippen LogP contribution < -0.4 is 16.4 Å². The zero-order valence-corrected chi connectivity index (χ0v) is 21.0. The number of nitrogens with zero attached hydrogens (tertiary/aromatic N) is 4. The summed E-state index contributed by atoms with van der Waals surface area (Å²) in [5.41, 5.74) is 9.11. The largest absolute Gasteiger partial charge is 0.382 e. The van der Waals surface area contributed by atoms with Crippen LogP contribution in [-0.4, -0.2) is 28.8 Å². The van der Waals surface area contributed by atoms with Crippen molar-refractivity contribution in [2.24, 2.45) is 4.99 Å². The summed E-state index contributed by atoms with van der Waals surface area (Å²) in [7, 11) is 0. The number of benzene rings is 2. The third-order valence-corrected chi connectivity index (χ3v) is 5.07. The number of hydrogen-bond acceptors (Lipinski definition) is 4. The molecule has 168 valence electrons. The minimum Gasteiger partial charge on any atom is -0.382 e. The van der Waals surface area contributed by atoms with Crippen LogP contribution in [0.2, 0.25) is 5.02 Å². The summed E-state index contributed by atoms with van der Waals surface area (Å²) in [6, 6.07) is 19.4. The Hall–Kier alpha value is -2.77. The van der Waals surface area contributed by atoms with Crippen molar-refractivity contribution in [3.63, 3.8) is 0 Å². The number of para-hydroxylation sites is 1. The van der Waals surface area contributed by atoms with E-state index in [1.54, 1.807) is 4.68 Å². The summed E-state index contributed by atoms with van der Waals surface area (Å²) < 4.78 is 1.62. The van der Waals surface area contributed by atoms with Gasteiger partial charge in [0.25, 0.3) is 0 Å². The molecule has 3 rings (SSSR count). The van der Waals surface area contributed by atoms with E-state index in [4.69, 9.17) is 17.3 Å². The fourth-order valence-corrected chi connectivity index (χ4v) is 3.33. The second kappa shape index (κ2) is 12.9. The molecule has 0 amide bonds. The second-order valence-electron chi connectivity index (χ2n) is 6.88. The number of aliphatic imine (C=N–C) groups is 1. The molecule has 0 fully saturated rings. The molecule has 0 saturated heterocycles. The van der Waals surface area contributed by atoms with Crippen molar-refractivity contribution in [2.45, 2.75) is 26.3 Å². The molecule has 4 N–H and O–H groups in total. The highest BCUT2D eigenvalue weighted by Gasteiger charge is 2.16. The van der Waals surface area contributed by atoms with E-state index >= 15 is 0 Å². The number of halogens is 2. The smallest absolute Gasteiger partial charge is 0.191 e. The number of aryl methyl sites for hydroxylation is 1. The number of nitrogen functional groups attached to an aromatic ring is 1. The van der Waals surface area contributed by atoms with Crippen molar-refractivity contribution in [2.75, 3.05) is 18.8 Å². The Labute approximate surface area is 210 Å². The van der Waals surface area contributed by atoms with Gasteiger partial charge in [0, 0.05) is 18.1 Å². The summed E-state index contributed by atoms with van der Waals surface area (Å²) in [4.78, 5) is 4.60. The maximum atomic E-state index is 9.54. The zero-order valence-electron chi connectivity index (χ0n) is 17.9. The van der Waals surface area contributed by atoms with Crippen LogP contribution in [0.25, 0.3) is 5.69 Å². The van der Waals surface area contributed by atoms with Gasteiger partial charge in [-0.05, 0) is 43.5 Å². The van der Waals surface area contributed by atoms with E-state index in [1.807, 2.05) is 61.5 Å². The SMILES string of the molecule is CCNC(=NCc1ccccc1Cl)NCCCc1nn(-c2ccccc2)c(N)c1C#N.I. The van der Waals surface area contributed by atoms with Crippen molar-refractivity contribution in [1.82, 2.24) is 20.4 Å². The first-order valence-electron chi connectivity index (χ1n) is 10.2. The van der Waals surface area contributed by atoms with Gasteiger partial charge in [0.1, 0.15) is 17.5 Å². The van der Waals surface area contributed by atoms with Crippen LogP contribution in [0, 0.1) is 11.3 Å². The molecular weight excluding hydrogens is 537 g/mol. The number of rotatable bonds is 8. The Morgan fingerprint density at radius 2 is 1.88 bits per heavy atom. The maximum absolute atomic E-state index is 9.54. The minimum atomic E-state index is 0. The molecular formula is C23H27ClIN7. The van der Waals surface area contributed by atoms with E-state index < -0.39 is 0 Å². The van der Waals surface area contributed by atoms with Gasteiger partial charge in [0.15, 0.2) is 5.96 Å². The fraction of sp³-hybridized carbons (Fsp3) is 0.261. The molecule has 2 aromatic carbocycles. The molecule has 32 heavy (non-hydrogen) atoms. The summed E-state index contributed by atoms with van der Waals surface area (Å²) in [5, 5.41) is 21.4. The third kappa shape index (κ3) is 6.61. The average molecular weight is 564 g/mol. The number of anilines is 1. The molecule has 0 aliphatic carbocycles. The van der Waals surface area contributed by atoms with E-state index in [-0.39, 0.29) is 24.0 Å². The number of guanidine groups is 1. The van der Waals surface area contributed by atoms with E-state index in [0.29, 0.717) is 41.6 Å². The molecule has 0 bridgehead atoms. The van der Waals surface area contributed by atoms with Crippen molar-refractivity contribution in [1.29, 1.82) is 5.26 Å². The minimum absolute atomic E-state index is 0. The van der Waals surface area contributed by atoms with Crippen LogP contribution >= 0.6 is 35.6 Å². The van der Waals surface area contributed by atoms with Crippen LogP contribution in [-0.2, 0) is 13.0 Å². The quantitative estimate of drug-likeness (QED) is 0.164. The van der Waals surface area contributed by atoms with E-state index in [1.165, 1.54) is 0 Å². The molecule has 0 saturated carbocycles. The Kier molecular flexibility index (Phi) is 10.3. The lowest BCUT2D eigenvalue weighted by atomic mass is 10.1. The van der Waals surface area contributed by atoms with Gasteiger partial charge in [-0.25, -0.2) is 9.67 Å². The normalized spacial score (nSPS) is 10.8. The number of nitrogens with one attached hydrogen (secondary N) is 2. The molecule has 0 radical (unpaired) electrons.